The number of carbonyl (C=O) groups excluding carboxylic acids is 1. The maximum atomic E-state index is 11.0. The molecule has 0 bridgehead atoms. The highest BCUT2D eigenvalue weighted by Gasteiger charge is 2.12. The van der Waals surface area contributed by atoms with Gasteiger partial charge in [-0.05, 0) is 12.1 Å². The van der Waals surface area contributed by atoms with Gasteiger partial charge < -0.3 is 19.0 Å². The number of para-hydroxylation sites is 1. The Hall–Kier alpha value is -1.99. The molecule has 1 rings (SSSR count). The van der Waals surface area contributed by atoms with E-state index in [4.69, 9.17) is 20.1 Å². The molecule has 0 spiro atoms. The predicted octanol–water partition coefficient (Wildman–Crippen LogP) is 0.394. The second-order valence-electron chi connectivity index (χ2n) is 3.18. The first-order valence-electron chi connectivity index (χ1n) is 5.22. The van der Waals surface area contributed by atoms with Crippen molar-refractivity contribution in [3.63, 3.8) is 0 Å². The van der Waals surface area contributed by atoms with Gasteiger partial charge in [0.2, 0.25) is 5.75 Å². The Morgan fingerprint density at radius 2 is 1.89 bits per heavy atom. The Kier molecular flexibility index (Phi) is 5.75. The molecule has 1 aromatic carbocycles. The van der Waals surface area contributed by atoms with Crippen molar-refractivity contribution in [3.8, 4) is 17.2 Å². The Morgan fingerprint density at radius 3 is 2.39 bits per heavy atom. The van der Waals surface area contributed by atoms with Gasteiger partial charge in [0.05, 0.1) is 27.2 Å². The number of hydrogen-bond acceptors (Lipinski definition) is 7. The summed E-state index contributed by atoms with van der Waals surface area (Å²) in [5, 5.41) is 0. The first-order valence-corrected chi connectivity index (χ1v) is 5.22. The zero-order valence-electron chi connectivity index (χ0n) is 10.3. The summed E-state index contributed by atoms with van der Waals surface area (Å²) >= 11 is 0. The molecule has 0 aliphatic carbocycles. The van der Waals surface area contributed by atoms with Crippen LogP contribution in [-0.2, 0) is 9.63 Å². The Morgan fingerprint density at radius 1 is 1.28 bits per heavy atom. The number of ether oxygens (including phenoxy) is 3. The van der Waals surface area contributed by atoms with E-state index in [2.05, 4.69) is 4.84 Å². The lowest BCUT2D eigenvalue weighted by molar-refractivity contribution is -0.151. The van der Waals surface area contributed by atoms with Crippen molar-refractivity contribution in [2.24, 2.45) is 5.84 Å². The molecule has 0 atom stereocenters. The number of hydrazine groups is 1. The number of methoxy groups -OCH3 is 2. The van der Waals surface area contributed by atoms with E-state index in [1.54, 1.807) is 23.8 Å². The molecule has 0 radical (unpaired) electrons. The summed E-state index contributed by atoms with van der Waals surface area (Å²) in [6.07, 6.45) is 0.0470. The monoisotopic (exact) mass is 256 g/mol. The van der Waals surface area contributed by atoms with Crippen molar-refractivity contribution in [1.82, 2.24) is 5.59 Å². The summed E-state index contributed by atoms with van der Waals surface area (Å²) < 4.78 is 15.7. The highest BCUT2D eigenvalue weighted by Crippen LogP contribution is 2.36. The van der Waals surface area contributed by atoms with Crippen LogP contribution in [-0.4, -0.2) is 26.8 Å². The van der Waals surface area contributed by atoms with Crippen LogP contribution in [0.2, 0.25) is 0 Å². The summed E-state index contributed by atoms with van der Waals surface area (Å²) in [5.74, 6) is 5.80. The van der Waals surface area contributed by atoms with Crippen LogP contribution in [0.3, 0.4) is 0 Å². The second-order valence-corrected chi connectivity index (χ2v) is 3.18. The fraction of sp³-hybridized carbons (Fsp3) is 0.364. The summed E-state index contributed by atoms with van der Waals surface area (Å²) in [4.78, 5) is 15.4. The quantitative estimate of drug-likeness (QED) is 0.538. The maximum Gasteiger partial charge on any atom is 0.329 e. The number of benzene rings is 1. The van der Waals surface area contributed by atoms with Crippen LogP contribution in [0.5, 0.6) is 17.2 Å². The topological polar surface area (TPSA) is 92.0 Å². The molecule has 0 saturated heterocycles. The van der Waals surface area contributed by atoms with Crippen LogP contribution in [0.15, 0.2) is 18.2 Å². The molecule has 1 aromatic rings. The van der Waals surface area contributed by atoms with Crippen LogP contribution in [0, 0.1) is 0 Å². The molecule has 0 saturated carbocycles. The molecule has 0 aromatic heterocycles. The van der Waals surface area contributed by atoms with E-state index in [9.17, 15) is 4.79 Å². The van der Waals surface area contributed by atoms with Crippen LogP contribution in [0.25, 0.3) is 0 Å². The zero-order chi connectivity index (χ0) is 13.4. The Balaban J connectivity index is 2.62. The van der Waals surface area contributed by atoms with Crippen LogP contribution >= 0.6 is 0 Å². The van der Waals surface area contributed by atoms with Crippen LogP contribution in [0.4, 0.5) is 0 Å². The van der Waals surface area contributed by atoms with Gasteiger partial charge in [-0.3, -0.25) is 4.79 Å². The predicted molar refractivity (Wildman–Crippen MR) is 63.1 cm³/mol. The fourth-order valence-electron chi connectivity index (χ4n) is 1.31. The molecule has 0 aliphatic heterocycles. The van der Waals surface area contributed by atoms with Crippen molar-refractivity contribution < 1.29 is 23.8 Å². The van der Waals surface area contributed by atoms with Crippen molar-refractivity contribution in [2.75, 3.05) is 20.8 Å². The third kappa shape index (κ3) is 3.79. The van der Waals surface area contributed by atoms with Crippen molar-refractivity contribution in [2.45, 2.75) is 6.42 Å². The van der Waals surface area contributed by atoms with Gasteiger partial charge in [-0.15, -0.1) is 0 Å². The van der Waals surface area contributed by atoms with E-state index >= 15 is 0 Å². The molecular weight excluding hydrogens is 240 g/mol. The van der Waals surface area contributed by atoms with Gasteiger partial charge in [0.15, 0.2) is 11.5 Å². The van der Waals surface area contributed by atoms with Gasteiger partial charge in [0.1, 0.15) is 0 Å². The van der Waals surface area contributed by atoms with E-state index in [-0.39, 0.29) is 13.0 Å². The molecule has 0 aliphatic rings. The lowest BCUT2D eigenvalue weighted by Gasteiger charge is -2.13. The highest BCUT2D eigenvalue weighted by molar-refractivity contribution is 5.69. The fourth-order valence-corrected chi connectivity index (χ4v) is 1.31. The molecule has 7 nitrogen and oxygen atoms in total. The van der Waals surface area contributed by atoms with Gasteiger partial charge >= 0.3 is 5.97 Å². The Labute approximate surface area is 105 Å². The van der Waals surface area contributed by atoms with Gasteiger partial charge in [-0.25, -0.2) is 5.84 Å². The summed E-state index contributed by atoms with van der Waals surface area (Å²) in [7, 11) is 3.04. The van der Waals surface area contributed by atoms with E-state index in [1.807, 2.05) is 0 Å². The number of nitrogens with one attached hydrogen (secondary N) is 1. The first-order chi connectivity index (χ1) is 8.72. The largest absolute Gasteiger partial charge is 0.493 e. The molecule has 100 valence electrons. The summed E-state index contributed by atoms with van der Waals surface area (Å²) in [6, 6.07) is 5.24. The van der Waals surface area contributed by atoms with E-state index < -0.39 is 5.97 Å². The molecule has 7 heteroatoms. The van der Waals surface area contributed by atoms with Gasteiger partial charge in [-0.2, -0.15) is 0 Å². The maximum absolute atomic E-state index is 11.0. The smallest absolute Gasteiger partial charge is 0.329 e. The van der Waals surface area contributed by atoms with Crippen LogP contribution in [0.1, 0.15) is 6.42 Å². The summed E-state index contributed by atoms with van der Waals surface area (Å²) in [5.41, 5.74) is 1.81. The molecule has 0 amide bonds. The second kappa shape index (κ2) is 7.36. The van der Waals surface area contributed by atoms with E-state index in [0.717, 1.165) is 0 Å². The normalized spacial score (nSPS) is 9.72. The Bertz CT molecular complexity index is 375. The number of nitrogens with two attached hydrogens (primary N) is 1. The van der Waals surface area contributed by atoms with Gasteiger partial charge in [-0.1, -0.05) is 11.7 Å². The van der Waals surface area contributed by atoms with Crippen molar-refractivity contribution >= 4 is 5.97 Å². The molecule has 18 heavy (non-hydrogen) atoms. The van der Waals surface area contributed by atoms with Gasteiger partial charge in [0, 0.05) is 0 Å². The van der Waals surface area contributed by atoms with E-state index in [1.165, 1.54) is 14.2 Å². The standard InChI is InChI=1S/C11H16N2O5/c1-15-8-4-3-5-9(16-2)11(8)17-7-6-10(14)18-13-12/h3-5,13H,6-7,12H2,1-2H3. The number of rotatable bonds is 7. The minimum absolute atomic E-state index is 0.0470. The zero-order valence-corrected chi connectivity index (χ0v) is 10.3. The van der Waals surface area contributed by atoms with Crippen molar-refractivity contribution in [3.05, 3.63) is 18.2 Å². The molecule has 3 N–H and O–H groups in total. The lowest BCUT2D eigenvalue weighted by Crippen LogP contribution is -2.27. The minimum Gasteiger partial charge on any atom is -0.493 e. The minimum atomic E-state index is -0.522. The summed E-state index contributed by atoms with van der Waals surface area (Å²) in [6.45, 7) is 0.122. The third-order valence-electron chi connectivity index (χ3n) is 2.11. The average Bonchev–Trinajstić information content (AvgIpc) is 2.39. The molecular formula is C11H16N2O5. The number of hydrogen-bond donors (Lipinski definition) is 2. The SMILES string of the molecule is COc1cccc(OC)c1OCCC(=O)ONN. The van der Waals surface area contributed by atoms with Gasteiger partial charge in [0.25, 0.3) is 0 Å². The first kappa shape index (κ1) is 14.1. The average molecular weight is 256 g/mol. The number of carbonyl (C=O) groups is 1. The van der Waals surface area contributed by atoms with Crippen molar-refractivity contribution in [1.29, 1.82) is 0 Å². The molecule has 0 unspecified atom stereocenters. The molecule has 0 fully saturated rings. The van der Waals surface area contributed by atoms with E-state index in [0.29, 0.717) is 17.2 Å². The molecule has 0 heterocycles. The third-order valence-corrected chi connectivity index (χ3v) is 2.11. The van der Waals surface area contributed by atoms with Crippen LogP contribution < -0.4 is 25.6 Å². The highest BCUT2D eigenvalue weighted by atomic mass is 16.7. The lowest BCUT2D eigenvalue weighted by atomic mass is 10.3.